The number of aryl methyl sites for hydroxylation is 1. The molecule has 2 rings (SSSR count). The number of anilines is 1. The second-order valence-corrected chi connectivity index (χ2v) is 6.23. The second kappa shape index (κ2) is 8.53. The van der Waals surface area contributed by atoms with Gasteiger partial charge in [0, 0.05) is 5.69 Å². The monoisotopic (exact) mass is 439 g/mol. The van der Waals surface area contributed by atoms with Crippen molar-refractivity contribution in [1.82, 2.24) is 5.43 Å². The largest absolute Gasteiger partial charge is 0.504 e. The first-order chi connectivity index (χ1) is 11.5. The number of benzene rings is 2. The molecule has 0 aromatic heterocycles. The highest BCUT2D eigenvalue weighted by Crippen LogP contribution is 2.31. The molecule has 0 saturated carbocycles. The molecule has 0 radical (unpaired) electrons. The van der Waals surface area contributed by atoms with E-state index in [0.29, 0.717) is 14.9 Å². The number of phenols is 1. The lowest BCUT2D eigenvalue weighted by Crippen LogP contribution is -2.25. The molecule has 0 fully saturated rings. The van der Waals surface area contributed by atoms with Gasteiger partial charge in [-0.1, -0.05) is 17.7 Å². The van der Waals surface area contributed by atoms with Gasteiger partial charge in [-0.2, -0.15) is 5.10 Å². The number of hydrogen-bond donors (Lipinski definition) is 3. The third-order valence-electron chi connectivity index (χ3n) is 3.18. The minimum atomic E-state index is -0.257. The topological polar surface area (TPSA) is 83.0 Å². The molecule has 1 amide bonds. The summed E-state index contributed by atoms with van der Waals surface area (Å²) in [4.78, 5) is 11.8. The molecule has 2 aromatic carbocycles. The molecule has 126 valence electrons. The number of hydrogen-bond acceptors (Lipinski definition) is 5. The zero-order chi connectivity index (χ0) is 17.5. The van der Waals surface area contributed by atoms with Gasteiger partial charge in [-0.15, -0.1) is 0 Å². The van der Waals surface area contributed by atoms with Crippen LogP contribution in [0.3, 0.4) is 0 Å². The molecule has 24 heavy (non-hydrogen) atoms. The van der Waals surface area contributed by atoms with Crippen molar-refractivity contribution in [2.45, 2.75) is 6.92 Å². The summed E-state index contributed by atoms with van der Waals surface area (Å²) in [6.07, 6.45) is 1.49. The molecule has 0 bridgehead atoms. The summed E-state index contributed by atoms with van der Waals surface area (Å²) in [5, 5.41) is 16.7. The first-order valence-electron chi connectivity index (χ1n) is 7.18. The predicted octanol–water partition coefficient (Wildman–Crippen LogP) is 2.88. The fourth-order valence-corrected chi connectivity index (χ4v) is 2.52. The van der Waals surface area contributed by atoms with Gasteiger partial charge in [0.05, 0.1) is 23.4 Å². The van der Waals surface area contributed by atoms with E-state index in [-0.39, 0.29) is 18.2 Å². The number of carbonyl (C=O) groups is 1. The first-order valence-corrected chi connectivity index (χ1v) is 8.26. The van der Waals surface area contributed by atoms with Gasteiger partial charge >= 0.3 is 0 Å². The Morgan fingerprint density at radius 1 is 1.33 bits per heavy atom. The Balaban J connectivity index is 1.88. The van der Waals surface area contributed by atoms with Crippen molar-refractivity contribution in [3.8, 4) is 11.5 Å². The maximum Gasteiger partial charge on any atom is 0.259 e. The van der Waals surface area contributed by atoms with E-state index in [9.17, 15) is 9.90 Å². The van der Waals surface area contributed by atoms with Crippen molar-refractivity contribution in [2.75, 3.05) is 19.0 Å². The van der Waals surface area contributed by atoms with E-state index in [2.05, 4.69) is 15.8 Å². The molecule has 6 nitrogen and oxygen atoms in total. The molecule has 0 atom stereocenters. The smallest absolute Gasteiger partial charge is 0.259 e. The number of aromatic hydroxyl groups is 1. The molecule has 7 heteroatoms. The number of nitrogens with zero attached hydrogens (tertiary/aromatic N) is 1. The van der Waals surface area contributed by atoms with Gasteiger partial charge in [0.2, 0.25) is 0 Å². The number of amides is 1. The number of hydrazone groups is 1. The van der Waals surface area contributed by atoms with Gasteiger partial charge in [0.25, 0.3) is 5.91 Å². The number of nitrogens with one attached hydrogen (secondary N) is 2. The van der Waals surface area contributed by atoms with E-state index in [0.717, 1.165) is 11.3 Å². The van der Waals surface area contributed by atoms with Crippen LogP contribution in [0, 0.1) is 10.5 Å². The zero-order valence-electron chi connectivity index (χ0n) is 13.3. The Morgan fingerprint density at radius 2 is 2.04 bits per heavy atom. The summed E-state index contributed by atoms with van der Waals surface area (Å²) in [7, 11) is 1.48. The highest BCUT2D eigenvalue weighted by atomic mass is 127. The quantitative estimate of drug-likeness (QED) is 0.367. The Morgan fingerprint density at radius 3 is 2.71 bits per heavy atom. The molecule has 0 unspecified atom stereocenters. The number of phenolic OH excluding ortho intramolecular Hbond substituents is 1. The number of carbonyl (C=O) groups excluding carboxylic acids is 1. The van der Waals surface area contributed by atoms with Gasteiger partial charge in [-0.25, -0.2) is 5.43 Å². The fourth-order valence-electron chi connectivity index (χ4n) is 1.90. The molecule has 0 saturated heterocycles. The SMILES string of the molecule is COc1cc(/C=N/NC(=O)CNc2ccc(C)cc2)cc(I)c1O. The number of methoxy groups -OCH3 is 1. The van der Waals surface area contributed by atoms with Crippen molar-refractivity contribution in [3.05, 3.63) is 51.1 Å². The average molecular weight is 439 g/mol. The Kier molecular flexibility index (Phi) is 6.42. The molecule has 2 aromatic rings. The van der Waals surface area contributed by atoms with Crippen molar-refractivity contribution in [1.29, 1.82) is 0 Å². The van der Waals surface area contributed by atoms with Crippen molar-refractivity contribution >= 4 is 40.4 Å². The Hall–Kier alpha value is -2.29. The molecule has 0 heterocycles. The average Bonchev–Trinajstić information content (AvgIpc) is 2.57. The zero-order valence-corrected chi connectivity index (χ0v) is 15.5. The molecule has 0 aliphatic rings. The van der Waals surface area contributed by atoms with Crippen LogP contribution in [-0.4, -0.2) is 30.9 Å². The minimum Gasteiger partial charge on any atom is -0.504 e. The standard InChI is InChI=1S/C17H18IN3O3/c1-11-3-5-13(6-4-11)19-10-16(22)21-20-9-12-7-14(18)17(23)15(8-12)24-2/h3-9,19,23H,10H2,1-2H3,(H,21,22)/b20-9+. The maximum absolute atomic E-state index is 11.8. The van der Waals surface area contributed by atoms with Crippen molar-refractivity contribution in [3.63, 3.8) is 0 Å². The summed E-state index contributed by atoms with van der Waals surface area (Å²) in [6, 6.07) is 11.1. The van der Waals surface area contributed by atoms with Gasteiger partial charge in [0.1, 0.15) is 0 Å². The fraction of sp³-hybridized carbons (Fsp3) is 0.176. The summed E-state index contributed by atoms with van der Waals surface area (Å²) >= 11 is 2.00. The van der Waals surface area contributed by atoms with Crippen molar-refractivity contribution in [2.24, 2.45) is 5.10 Å². The van der Waals surface area contributed by atoms with E-state index in [4.69, 9.17) is 4.74 Å². The number of rotatable bonds is 6. The van der Waals surface area contributed by atoms with Crippen LogP contribution >= 0.6 is 22.6 Å². The van der Waals surface area contributed by atoms with Gasteiger partial charge in [-0.05, 0) is 59.3 Å². The number of ether oxygens (including phenoxy) is 1. The third kappa shape index (κ3) is 5.12. The summed E-state index contributed by atoms with van der Waals surface area (Å²) in [5.74, 6) is 0.185. The van der Waals surface area contributed by atoms with Crippen LogP contribution in [0.1, 0.15) is 11.1 Å². The summed E-state index contributed by atoms with van der Waals surface area (Å²) in [6.45, 7) is 2.13. The minimum absolute atomic E-state index is 0.0848. The highest BCUT2D eigenvalue weighted by molar-refractivity contribution is 14.1. The lowest BCUT2D eigenvalue weighted by atomic mass is 10.2. The number of halogens is 1. The van der Waals surface area contributed by atoms with E-state index in [1.54, 1.807) is 12.1 Å². The second-order valence-electron chi connectivity index (χ2n) is 5.07. The lowest BCUT2D eigenvalue weighted by molar-refractivity contribution is -0.119. The highest BCUT2D eigenvalue weighted by Gasteiger charge is 2.07. The first kappa shape index (κ1) is 18.1. The summed E-state index contributed by atoms with van der Waals surface area (Å²) in [5.41, 5.74) is 5.19. The maximum atomic E-state index is 11.8. The Labute approximate surface area is 154 Å². The van der Waals surface area contributed by atoms with Crippen LogP contribution < -0.4 is 15.5 Å². The normalized spacial score (nSPS) is 10.6. The van der Waals surface area contributed by atoms with E-state index in [1.807, 2.05) is 53.8 Å². The molecular formula is C17H18IN3O3. The van der Waals surface area contributed by atoms with Gasteiger partial charge in [-0.3, -0.25) is 4.79 Å². The van der Waals surface area contributed by atoms with Crippen LogP contribution in [-0.2, 0) is 4.79 Å². The van der Waals surface area contributed by atoms with Crippen LogP contribution in [0.5, 0.6) is 11.5 Å². The molecule has 3 N–H and O–H groups in total. The van der Waals surface area contributed by atoms with Gasteiger partial charge < -0.3 is 15.2 Å². The third-order valence-corrected chi connectivity index (χ3v) is 4.00. The van der Waals surface area contributed by atoms with E-state index < -0.39 is 0 Å². The molecule has 0 spiro atoms. The lowest BCUT2D eigenvalue weighted by Gasteiger charge is -2.07. The van der Waals surface area contributed by atoms with E-state index >= 15 is 0 Å². The Bertz CT molecular complexity index is 745. The molecule has 0 aliphatic heterocycles. The van der Waals surface area contributed by atoms with Crippen molar-refractivity contribution < 1.29 is 14.6 Å². The summed E-state index contributed by atoms with van der Waals surface area (Å²) < 4.78 is 5.72. The van der Waals surface area contributed by atoms with Crippen LogP contribution in [0.25, 0.3) is 0 Å². The van der Waals surface area contributed by atoms with E-state index in [1.165, 1.54) is 13.3 Å². The predicted molar refractivity (Wildman–Crippen MR) is 103 cm³/mol. The molecular weight excluding hydrogens is 421 g/mol. The molecule has 0 aliphatic carbocycles. The van der Waals surface area contributed by atoms with Crippen LogP contribution in [0.2, 0.25) is 0 Å². The van der Waals surface area contributed by atoms with Crippen LogP contribution in [0.4, 0.5) is 5.69 Å². The van der Waals surface area contributed by atoms with Crippen LogP contribution in [0.15, 0.2) is 41.5 Å². The van der Waals surface area contributed by atoms with Gasteiger partial charge in [0.15, 0.2) is 11.5 Å².